The van der Waals surface area contributed by atoms with E-state index in [1.54, 1.807) is 0 Å². The summed E-state index contributed by atoms with van der Waals surface area (Å²) in [6.07, 6.45) is 1.99. The molecule has 0 amide bonds. The predicted octanol–water partition coefficient (Wildman–Crippen LogP) is 6.23. The maximum absolute atomic E-state index is 12.9. The minimum absolute atomic E-state index is 0.115. The third-order valence-electron chi connectivity index (χ3n) is 6.05. The number of carbonyl (C=O) groups is 1. The van der Waals surface area contributed by atoms with E-state index in [9.17, 15) is 4.79 Å². The summed E-state index contributed by atoms with van der Waals surface area (Å²) in [7, 11) is -1.76. The summed E-state index contributed by atoms with van der Waals surface area (Å²) in [4.78, 5) is 12.9. The first-order chi connectivity index (χ1) is 14.1. The predicted molar refractivity (Wildman–Crippen MR) is 120 cm³/mol. The number of hydrogen-bond acceptors (Lipinski definition) is 3. The van der Waals surface area contributed by atoms with Crippen molar-refractivity contribution in [1.29, 1.82) is 0 Å². The second kappa shape index (κ2) is 10.1. The molecule has 2 aromatic carbocycles. The number of ketones is 1. The lowest BCUT2D eigenvalue weighted by Gasteiger charge is -2.30. The smallest absolute Gasteiger partial charge is 0.192 e. The highest BCUT2D eigenvalue weighted by Gasteiger charge is 2.37. The van der Waals surface area contributed by atoms with Gasteiger partial charge < -0.3 is 9.16 Å². The molecule has 0 aromatic heterocycles. The number of hydrogen-bond donors (Lipinski definition) is 0. The highest BCUT2D eigenvalue weighted by Crippen LogP contribution is 2.35. The zero-order chi connectivity index (χ0) is 20.7. The van der Waals surface area contributed by atoms with E-state index in [0.29, 0.717) is 13.0 Å². The van der Waals surface area contributed by atoms with Crippen LogP contribution >= 0.6 is 0 Å². The largest absolute Gasteiger partial charge is 0.410 e. The van der Waals surface area contributed by atoms with Crippen LogP contribution in [0.15, 0.2) is 72.3 Å². The molecule has 154 valence electrons. The summed E-state index contributed by atoms with van der Waals surface area (Å²) < 4.78 is 12.9. The molecule has 0 N–H and O–H groups in total. The fraction of sp³-hybridized carbons (Fsp3) is 0.400. The average molecular weight is 409 g/mol. The molecular weight excluding hydrogens is 376 g/mol. The van der Waals surface area contributed by atoms with Crippen molar-refractivity contribution < 1.29 is 14.0 Å². The van der Waals surface area contributed by atoms with Gasteiger partial charge in [0.1, 0.15) is 6.10 Å². The third kappa shape index (κ3) is 5.33. The van der Waals surface area contributed by atoms with E-state index in [4.69, 9.17) is 9.16 Å². The number of carbonyl (C=O) groups excluding carboxylic acids is 1. The molecule has 29 heavy (non-hydrogen) atoms. The first-order valence-corrected chi connectivity index (χ1v) is 13.3. The van der Waals surface area contributed by atoms with Crippen molar-refractivity contribution in [3.8, 4) is 0 Å². The molecule has 0 saturated heterocycles. The molecule has 4 heteroatoms. The number of rotatable bonds is 10. The van der Waals surface area contributed by atoms with Crippen molar-refractivity contribution in [2.24, 2.45) is 0 Å². The van der Waals surface area contributed by atoms with Crippen LogP contribution < -0.4 is 0 Å². The molecule has 0 radical (unpaired) electrons. The Morgan fingerprint density at radius 2 is 1.52 bits per heavy atom. The summed E-state index contributed by atoms with van der Waals surface area (Å²) in [5.41, 5.74) is 2.85. The molecule has 2 aromatic rings. The van der Waals surface area contributed by atoms with Crippen LogP contribution in [0.1, 0.15) is 44.4 Å². The van der Waals surface area contributed by atoms with E-state index in [1.165, 1.54) is 0 Å². The van der Waals surface area contributed by atoms with Crippen LogP contribution in [0, 0.1) is 0 Å². The topological polar surface area (TPSA) is 35.5 Å². The molecular formula is C25H32O3Si. The Morgan fingerprint density at radius 3 is 2.10 bits per heavy atom. The van der Waals surface area contributed by atoms with Crippen LogP contribution in [0.3, 0.4) is 0 Å². The van der Waals surface area contributed by atoms with Crippen LogP contribution in [0.5, 0.6) is 0 Å². The Hall–Kier alpha value is -2.01. The van der Waals surface area contributed by atoms with Crippen LogP contribution in [0.2, 0.25) is 18.1 Å². The monoisotopic (exact) mass is 408 g/mol. The fourth-order valence-corrected chi connectivity index (χ4v) is 6.82. The van der Waals surface area contributed by atoms with Gasteiger partial charge in [0.25, 0.3) is 0 Å². The minimum Gasteiger partial charge on any atom is -0.410 e. The molecule has 2 atom stereocenters. The van der Waals surface area contributed by atoms with Crippen molar-refractivity contribution >= 4 is 14.1 Å². The van der Waals surface area contributed by atoms with E-state index < -0.39 is 8.32 Å². The number of Topliss-reactive ketones (excluding diaryl/α,β-unsaturated/α-hetero) is 1. The van der Waals surface area contributed by atoms with Gasteiger partial charge in [0.05, 0.1) is 12.7 Å². The Kier molecular flexibility index (Phi) is 7.59. The second-order valence-corrected chi connectivity index (χ2v) is 12.5. The zero-order valence-corrected chi connectivity index (χ0v) is 18.8. The average Bonchev–Trinajstić information content (AvgIpc) is 3.13. The van der Waals surface area contributed by atoms with Crippen LogP contribution in [0.25, 0.3) is 0 Å². The maximum atomic E-state index is 12.9. The van der Waals surface area contributed by atoms with Crippen molar-refractivity contribution in [2.75, 3.05) is 0 Å². The third-order valence-corrected chi connectivity index (χ3v) is 10.7. The molecule has 0 heterocycles. The lowest BCUT2D eigenvalue weighted by atomic mass is 10.00. The van der Waals surface area contributed by atoms with Crippen molar-refractivity contribution in [2.45, 2.75) is 64.1 Å². The normalized spacial score (nSPS) is 18.0. The Bertz CT molecular complexity index is 804. The van der Waals surface area contributed by atoms with E-state index in [1.807, 2.05) is 66.7 Å². The van der Waals surface area contributed by atoms with Gasteiger partial charge in [0, 0.05) is 12.0 Å². The quantitative estimate of drug-likeness (QED) is 0.437. The van der Waals surface area contributed by atoms with E-state index in [0.717, 1.165) is 34.8 Å². The SMILES string of the molecule is CC[Si](CC)(CC)OC1C=C(C(OCc2ccccc2)c2ccccc2)C(=O)C1. The Labute approximate surface area is 175 Å². The first-order valence-electron chi connectivity index (χ1n) is 10.7. The zero-order valence-electron chi connectivity index (χ0n) is 17.8. The molecule has 0 spiro atoms. The van der Waals surface area contributed by atoms with Gasteiger partial charge >= 0.3 is 0 Å². The molecule has 0 fully saturated rings. The first kappa shape index (κ1) is 21.7. The van der Waals surface area contributed by atoms with Crippen LogP contribution in [-0.2, 0) is 20.6 Å². The highest BCUT2D eigenvalue weighted by atomic mass is 28.4. The molecule has 3 nitrogen and oxygen atoms in total. The molecule has 1 aliphatic carbocycles. The van der Waals surface area contributed by atoms with Crippen LogP contribution in [0.4, 0.5) is 0 Å². The molecule has 2 unspecified atom stereocenters. The van der Waals surface area contributed by atoms with Crippen LogP contribution in [-0.4, -0.2) is 20.2 Å². The molecule has 0 saturated carbocycles. The summed E-state index contributed by atoms with van der Waals surface area (Å²) in [5, 5.41) is 0. The van der Waals surface area contributed by atoms with Gasteiger partial charge in [-0.3, -0.25) is 4.79 Å². The lowest BCUT2D eigenvalue weighted by Crippen LogP contribution is -2.39. The Balaban J connectivity index is 1.83. The van der Waals surface area contributed by atoms with Gasteiger partial charge in [-0.25, -0.2) is 0 Å². The lowest BCUT2D eigenvalue weighted by molar-refractivity contribution is -0.117. The summed E-state index contributed by atoms with van der Waals surface area (Å²) in [6, 6.07) is 23.4. The van der Waals surface area contributed by atoms with E-state index in [-0.39, 0.29) is 18.0 Å². The minimum atomic E-state index is -1.76. The summed E-state index contributed by atoms with van der Waals surface area (Å²) >= 11 is 0. The maximum Gasteiger partial charge on any atom is 0.192 e. The second-order valence-electron chi connectivity index (χ2n) is 7.74. The van der Waals surface area contributed by atoms with Crippen molar-refractivity contribution in [3.63, 3.8) is 0 Å². The van der Waals surface area contributed by atoms with Gasteiger partial charge in [0.2, 0.25) is 0 Å². The molecule has 3 rings (SSSR count). The van der Waals surface area contributed by atoms with Gasteiger partial charge in [-0.05, 0) is 35.3 Å². The Morgan fingerprint density at radius 1 is 0.931 bits per heavy atom. The van der Waals surface area contributed by atoms with Crippen molar-refractivity contribution in [3.05, 3.63) is 83.4 Å². The molecule has 0 aliphatic heterocycles. The fourth-order valence-electron chi connectivity index (χ4n) is 4.03. The number of benzene rings is 2. The van der Waals surface area contributed by atoms with Gasteiger partial charge in [-0.1, -0.05) is 81.4 Å². The summed E-state index contributed by atoms with van der Waals surface area (Å²) in [5.74, 6) is 0.142. The van der Waals surface area contributed by atoms with E-state index in [2.05, 4.69) is 20.8 Å². The van der Waals surface area contributed by atoms with Gasteiger partial charge in [-0.15, -0.1) is 0 Å². The molecule has 1 aliphatic rings. The highest BCUT2D eigenvalue weighted by molar-refractivity contribution is 6.73. The van der Waals surface area contributed by atoms with Gasteiger partial charge in [-0.2, -0.15) is 0 Å². The summed E-state index contributed by atoms with van der Waals surface area (Å²) in [6.45, 7) is 7.12. The molecule has 0 bridgehead atoms. The standard InChI is InChI=1S/C25H32O3Si/c1-4-29(5-2,6-3)28-22-17-23(24(26)18-22)25(21-15-11-8-12-16-21)27-19-20-13-9-7-10-14-20/h7-17,22,25H,4-6,18-19H2,1-3H3. The number of ether oxygens (including phenoxy) is 1. The van der Waals surface area contributed by atoms with Crippen molar-refractivity contribution in [1.82, 2.24) is 0 Å². The van der Waals surface area contributed by atoms with E-state index >= 15 is 0 Å². The van der Waals surface area contributed by atoms with Gasteiger partial charge in [0.15, 0.2) is 14.1 Å².